The van der Waals surface area contributed by atoms with Gasteiger partial charge in [-0.15, -0.1) is 0 Å². The minimum Gasteiger partial charge on any atom is -0.393 e. The van der Waals surface area contributed by atoms with Crippen molar-refractivity contribution >= 4 is 46.6 Å². The fourth-order valence-electron chi connectivity index (χ4n) is 0.565. The number of hydrogen-bond donors (Lipinski definition) is 6. The highest BCUT2D eigenvalue weighted by atomic mass is 32.1. The summed E-state index contributed by atoms with van der Waals surface area (Å²) >= 11 is 9.00. The number of aliphatic hydroxyl groups excluding tert-OH is 2. The van der Waals surface area contributed by atoms with E-state index in [1.807, 2.05) is 0 Å². The molecule has 0 aliphatic rings. The lowest BCUT2D eigenvalue weighted by Crippen LogP contribution is -2.33. The number of hydrogen-bond acceptors (Lipinski definition) is 6. The maximum absolute atomic E-state index is 9.31. The van der Waals surface area contributed by atoms with E-state index in [1.54, 1.807) is 0 Å². The van der Waals surface area contributed by atoms with Gasteiger partial charge in [0.1, 0.15) is 11.8 Å². The molecule has 0 aliphatic heterocycles. The fraction of sp³-hybridized carbons (Fsp3) is 0.333. The Kier molecular flexibility index (Phi) is 7.20. The second-order valence-corrected chi connectivity index (χ2v) is 3.33. The van der Waals surface area contributed by atoms with E-state index in [2.05, 4.69) is 45.5 Å². The quantitative estimate of drug-likeness (QED) is 0.180. The Morgan fingerprint density at radius 2 is 1.88 bits per heavy atom. The molecule has 0 amide bonds. The first-order chi connectivity index (χ1) is 7.47. The normalized spacial score (nSPS) is 13.5. The molecule has 0 rings (SSSR count). The highest BCUT2D eigenvalue weighted by Crippen LogP contribution is 1.85. The Hall–Kier alpha value is -1.36. The smallest absolute Gasteiger partial charge is 0.184 e. The number of rotatable bonds is 5. The zero-order chi connectivity index (χ0) is 12.6. The molecule has 90 valence electrons. The third-order valence-corrected chi connectivity index (χ3v) is 1.36. The molecule has 1 atom stereocenters. The van der Waals surface area contributed by atoms with Crippen molar-refractivity contribution in [1.29, 1.82) is 0 Å². The lowest BCUT2D eigenvalue weighted by molar-refractivity contribution is 0.146. The first kappa shape index (κ1) is 14.6. The lowest BCUT2D eigenvalue weighted by atomic mass is 10.2. The number of thiocarbonyl (C=S) groups is 2. The first-order valence-corrected chi connectivity index (χ1v) is 4.79. The zero-order valence-corrected chi connectivity index (χ0v) is 9.75. The van der Waals surface area contributed by atoms with Crippen molar-refractivity contribution in [2.45, 2.75) is 6.10 Å². The first-order valence-electron chi connectivity index (χ1n) is 3.97. The van der Waals surface area contributed by atoms with Gasteiger partial charge in [-0.05, 0) is 24.4 Å². The van der Waals surface area contributed by atoms with E-state index in [0.29, 0.717) is 0 Å². The van der Waals surface area contributed by atoms with Crippen molar-refractivity contribution in [1.82, 2.24) is 10.9 Å². The second kappa shape index (κ2) is 7.87. The molecule has 0 bridgehead atoms. The molecule has 0 unspecified atom stereocenters. The van der Waals surface area contributed by atoms with Crippen LogP contribution in [0.15, 0.2) is 10.2 Å². The molecule has 0 spiro atoms. The lowest BCUT2D eigenvalue weighted by Gasteiger charge is -2.06. The fourth-order valence-corrected chi connectivity index (χ4v) is 0.663. The van der Waals surface area contributed by atoms with E-state index in [4.69, 9.17) is 16.6 Å². The minimum absolute atomic E-state index is 0.0130. The van der Waals surface area contributed by atoms with Crippen molar-refractivity contribution in [3.05, 3.63) is 0 Å². The van der Waals surface area contributed by atoms with Crippen LogP contribution >= 0.6 is 24.4 Å². The predicted molar refractivity (Wildman–Crippen MR) is 68.9 cm³/mol. The number of nitrogens with one attached hydrogen (secondary N) is 2. The molecule has 8 nitrogen and oxygen atoms in total. The van der Waals surface area contributed by atoms with Crippen LogP contribution in [-0.2, 0) is 0 Å². The Morgan fingerprint density at radius 3 is 2.31 bits per heavy atom. The van der Waals surface area contributed by atoms with Crippen LogP contribution in [0.2, 0.25) is 0 Å². The number of hydrazone groups is 2. The third kappa shape index (κ3) is 7.00. The summed E-state index contributed by atoms with van der Waals surface area (Å²) in [5.41, 5.74) is 14.7. The minimum atomic E-state index is -1.22. The molecule has 16 heavy (non-hydrogen) atoms. The van der Waals surface area contributed by atoms with Crippen LogP contribution in [0.4, 0.5) is 0 Å². The average molecular weight is 264 g/mol. The molecule has 8 N–H and O–H groups in total. The maximum atomic E-state index is 9.31. The molecule has 0 fully saturated rings. The van der Waals surface area contributed by atoms with Gasteiger partial charge >= 0.3 is 0 Å². The van der Waals surface area contributed by atoms with E-state index in [1.165, 1.54) is 0 Å². The van der Waals surface area contributed by atoms with E-state index in [0.717, 1.165) is 6.21 Å². The van der Waals surface area contributed by atoms with Gasteiger partial charge in [-0.3, -0.25) is 10.9 Å². The van der Waals surface area contributed by atoms with Crippen molar-refractivity contribution in [2.24, 2.45) is 21.7 Å². The van der Waals surface area contributed by atoms with E-state index < -0.39 is 12.7 Å². The Bertz CT molecular complexity index is 318. The molecular formula is C6H12N6O2S2. The Labute approximate surface area is 102 Å². The van der Waals surface area contributed by atoms with Crippen LogP contribution in [0.1, 0.15) is 0 Å². The molecule has 0 saturated carbocycles. The highest BCUT2D eigenvalue weighted by Gasteiger charge is 2.09. The average Bonchev–Trinajstić information content (AvgIpc) is 2.21. The van der Waals surface area contributed by atoms with Crippen molar-refractivity contribution < 1.29 is 10.2 Å². The standard InChI is InChI=1S/C6H12N6O2S2/c7-5(15)11-9-1-3(4(14)2-13)10-12-6(8)16/h1,4,13-14H,2H2,(H3,7,11,15)(H3,8,12,16)/t4-/m0/s1. The predicted octanol–water partition coefficient (Wildman–Crippen LogP) is -2.65. The van der Waals surface area contributed by atoms with Gasteiger partial charge < -0.3 is 21.7 Å². The SMILES string of the molecule is NC(=S)NN=CC(=NNC(N)=S)[C@@H](O)CO. The Morgan fingerprint density at radius 1 is 1.31 bits per heavy atom. The summed E-state index contributed by atoms with van der Waals surface area (Å²) in [5.74, 6) is 0. The van der Waals surface area contributed by atoms with Crippen molar-refractivity contribution in [2.75, 3.05) is 6.61 Å². The van der Waals surface area contributed by atoms with Crippen LogP contribution in [0.25, 0.3) is 0 Å². The molecule has 0 heterocycles. The topological polar surface area (TPSA) is 141 Å². The summed E-state index contributed by atoms with van der Waals surface area (Å²) in [7, 11) is 0. The number of nitrogens with zero attached hydrogens (tertiary/aromatic N) is 2. The summed E-state index contributed by atoms with van der Waals surface area (Å²) in [5, 5.41) is 25.1. The van der Waals surface area contributed by atoms with E-state index in [9.17, 15) is 5.11 Å². The molecule has 0 radical (unpaired) electrons. The van der Waals surface area contributed by atoms with Gasteiger partial charge in [0.15, 0.2) is 10.2 Å². The van der Waals surface area contributed by atoms with Crippen LogP contribution in [-0.4, -0.2) is 45.1 Å². The van der Waals surface area contributed by atoms with Gasteiger partial charge in [0.25, 0.3) is 0 Å². The van der Waals surface area contributed by atoms with Crippen molar-refractivity contribution in [3.63, 3.8) is 0 Å². The summed E-state index contributed by atoms with van der Waals surface area (Å²) in [6.45, 7) is -0.531. The number of aliphatic hydroxyl groups is 2. The molecule has 0 aromatic carbocycles. The summed E-state index contributed by atoms with van der Waals surface area (Å²) in [4.78, 5) is 0. The van der Waals surface area contributed by atoms with E-state index >= 15 is 0 Å². The summed E-state index contributed by atoms with van der Waals surface area (Å²) < 4.78 is 0. The monoisotopic (exact) mass is 264 g/mol. The summed E-state index contributed by atoms with van der Waals surface area (Å²) in [6.07, 6.45) is -0.107. The second-order valence-electron chi connectivity index (χ2n) is 2.45. The third-order valence-electron chi connectivity index (χ3n) is 1.18. The Balaban J connectivity index is 4.54. The maximum Gasteiger partial charge on any atom is 0.184 e. The number of nitrogens with two attached hydrogens (primary N) is 2. The van der Waals surface area contributed by atoms with Gasteiger partial charge in [-0.1, -0.05) is 0 Å². The molecule has 0 aromatic heterocycles. The van der Waals surface area contributed by atoms with E-state index in [-0.39, 0.29) is 15.9 Å². The van der Waals surface area contributed by atoms with Gasteiger partial charge in [0.2, 0.25) is 0 Å². The molecule has 0 aromatic rings. The van der Waals surface area contributed by atoms with Crippen LogP contribution < -0.4 is 22.3 Å². The van der Waals surface area contributed by atoms with Gasteiger partial charge in [-0.2, -0.15) is 10.2 Å². The largest absolute Gasteiger partial charge is 0.393 e. The van der Waals surface area contributed by atoms with Crippen LogP contribution in [0, 0.1) is 0 Å². The molecular weight excluding hydrogens is 252 g/mol. The molecule has 0 aliphatic carbocycles. The van der Waals surface area contributed by atoms with Crippen LogP contribution in [0.3, 0.4) is 0 Å². The highest BCUT2D eigenvalue weighted by molar-refractivity contribution is 7.80. The molecule has 10 heteroatoms. The van der Waals surface area contributed by atoms with Crippen molar-refractivity contribution in [3.8, 4) is 0 Å². The van der Waals surface area contributed by atoms with Gasteiger partial charge in [0.05, 0.1) is 12.8 Å². The molecule has 0 saturated heterocycles. The van der Waals surface area contributed by atoms with Crippen LogP contribution in [0.5, 0.6) is 0 Å². The van der Waals surface area contributed by atoms with Gasteiger partial charge in [-0.25, -0.2) is 0 Å². The van der Waals surface area contributed by atoms with Gasteiger partial charge in [0, 0.05) is 0 Å². The zero-order valence-electron chi connectivity index (χ0n) is 8.12. The summed E-state index contributed by atoms with van der Waals surface area (Å²) in [6, 6.07) is 0.